The summed E-state index contributed by atoms with van der Waals surface area (Å²) in [6.07, 6.45) is 2.05. The molecule has 0 radical (unpaired) electrons. The molecule has 5 nitrogen and oxygen atoms in total. The molecule has 0 saturated heterocycles. The molecular formula is C10H15N5S. The zero-order valence-corrected chi connectivity index (χ0v) is 10.5. The molecule has 2 rings (SSSR count). The number of rotatable bonds is 4. The van der Waals surface area contributed by atoms with Gasteiger partial charge in [-0.1, -0.05) is 25.2 Å². The van der Waals surface area contributed by atoms with Gasteiger partial charge in [0.05, 0.1) is 5.69 Å². The van der Waals surface area contributed by atoms with E-state index in [9.17, 15) is 0 Å². The van der Waals surface area contributed by atoms with Crippen LogP contribution in [0.2, 0.25) is 0 Å². The minimum atomic E-state index is 0.437. The standard InChI is InChI=1S/C10H15N5S/c1-7(2)9-8(5-15(3)14-9)4-11-10-13-12-6-16-10/h5-7H,4H2,1-3H3,(H,11,13). The largest absolute Gasteiger partial charge is 0.356 e. The molecule has 0 fully saturated rings. The van der Waals surface area contributed by atoms with Crippen LogP contribution in [0.15, 0.2) is 11.7 Å². The van der Waals surface area contributed by atoms with E-state index in [1.165, 1.54) is 16.9 Å². The molecule has 1 N–H and O–H groups in total. The molecule has 16 heavy (non-hydrogen) atoms. The summed E-state index contributed by atoms with van der Waals surface area (Å²) in [5.74, 6) is 0.437. The third-order valence-electron chi connectivity index (χ3n) is 2.27. The molecule has 2 heterocycles. The first-order valence-electron chi connectivity index (χ1n) is 5.19. The molecule has 6 heteroatoms. The Bertz CT molecular complexity index is 446. The van der Waals surface area contributed by atoms with Crippen molar-refractivity contribution in [3.8, 4) is 0 Å². The number of aromatic nitrogens is 4. The third-order valence-corrected chi connectivity index (χ3v) is 2.92. The number of nitrogens with zero attached hydrogens (tertiary/aromatic N) is 4. The zero-order valence-electron chi connectivity index (χ0n) is 9.64. The van der Waals surface area contributed by atoms with Crippen molar-refractivity contribution in [2.45, 2.75) is 26.3 Å². The molecule has 2 aromatic heterocycles. The van der Waals surface area contributed by atoms with E-state index in [2.05, 4.69) is 34.5 Å². The van der Waals surface area contributed by atoms with Crippen LogP contribution in [0.5, 0.6) is 0 Å². The lowest BCUT2D eigenvalue weighted by molar-refractivity contribution is 0.712. The topological polar surface area (TPSA) is 55.6 Å². The lowest BCUT2D eigenvalue weighted by atomic mass is 10.1. The monoisotopic (exact) mass is 237 g/mol. The van der Waals surface area contributed by atoms with E-state index in [0.717, 1.165) is 17.4 Å². The molecule has 0 spiro atoms. The lowest BCUT2D eigenvalue weighted by Gasteiger charge is -2.05. The van der Waals surface area contributed by atoms with Crippen molar-refractivity contribution in [3.63, 3.8) is 0 Å². The molecule has 0 aliphatic carbocycles. The quantitative estimate of drug-likeness (QED) is 0.883. The summed E-state index contributed by atoms with van der Waals surface area (Å²) < 4.78 is 1.85. The van der Waals surface area contributed by atoms with Gasteiger partial charge in [-0.2, -0.15) is 5.10 Å². The predicted octanol–water partition coefficient (Wildman–Crippen LogP) is 2.01. The van der Waals surface area contributed by atoms with E-state index in [1.54, 1.807) is 5.51 Å². The highest BCUT2D eigenvalue weighted by atomic mass is 32.1. The number of nitrogens with one attached hydrogen (secondary N) is 1. The molecule has 0 bridgehead atoms. The molecule has 0 aromatic carbocycles. The second-order valence-corrected chi connectivity index (χ2v) is 4.80. The van der Waals surface area contributed by atoms with Gasteiger partial charge in [-0.25, -0.2) is 0 Å². The van der Waals surface area contributed by atoms with E-state index < -0.39 is 0 Å². The van der Waals surface area contributed by atoms with Crippen molar-refractivity contribution in [1.82, 2.24) is 20.0 Å². The Hall–Kier alpha value is -1.43. The van der Waals surface area contributed by atoms with Gasteiger partial charge in [-0.3, -0.25) is 4.68 Å². The maximum absolute atomic E-state index is 4.45. The fourth-order valence-electron chi connectivity index (χ4n) is 1.60. The van der Waals surface area contributed by atoms with Gasteiger partial charge in [0, 0.05) is 25.4 Å². The van der Waals surface area contributed by atoms with E-state index >= 15 is 0 Å². The van der Waals surface area contributed by atoms with Crippen molar-refractivity contribution in [2.75, 3.05) is 5.32 Å². The van der Waals surface area contributed by atoms with E-state index in [1.807, 2.05) is 17.9 Å². The highest BCUT2D eigenvalue weighted by Gasteiger charge is 2.11. The van der Waals surface area contributed by atoms with Crippen LogP contribution in [0, 0.1) is 0 Å². The third kappa shape index (κ3) is 2.38. The first-order valence-corrected chi connectivity index (χ1v) is 6.07. The number of aryl methyl sites for hydroxylation is 1. The van der Waals surface area contributed by atoms with Gasteiger partial charge in [-0.05, 0) is 5.92 Å². The second kappa shape index (κ2) is 4.61. The molecule has 0 unspecified atom stereocenters. The molecule has 0 aliphatic heterocycles. The highest BCUT2D eigenvalue weighted by molar-refractivity contribution is 7.13. The first kappa shape index (κ1) is 11.1. The van der Waals surface area contributed by atoms with Crippen LogP contribution in [-0.4, -0.2) is 20.0 Å². The summed E-state index contributed by atoms with van der Waals surface area (Å²) in [7, 11) is 1.94. The van der Waals surface area contributed by atoms with Crippen LogP contribution in [0.4, 0.5) is 5.13 Å². The van der Waals surface area contributed by atoms with Crippen molar-refractivity contribution in [2.24, 2.45) is 7.05 Å². The summed E-state index contributed by atoms with van der Waals surface area (Å²) in [5.41, 5.74) is 4.07. The van der Waals surface area contributed by atoms with Gasteiger partial charge in [0.1, 0.15) is 5.51 Å². The molecule has 86 valence electrons. The molecule has 0 saturated carbocycles. The smallest absolute Gasteiger partial charge is 0.205 e. The average molecular weight is 237 g/mol. The average Bonchev–Trinajstić information content (AvgIpc) is 2.83. The Morgan fingerprint density at radius 3 is 2.94 bits per heavy atom. The van der Waals surface area contributed by atoms with Crippen LogP contribution in [0.25, 0.3) is 0 Å². The SMILES string of the molecule is CC(C)c1nn(C)cc1CNc1nncs1. The number of hydrogen-bond donors (Lipinski definition) is 1. The zero-order chi connectivity index (χ0) is 11.5. The fraction of sp³-hybridized carbons (Fsp3) is 0.500. The van der Waals surface area contributed by atoms with E-state index in [4.69, 9.17) is 0 Å². The van der Waals surface area contributed by atoms with Crippen LogP contribution in [0.3, 0.4) is 0 Å². The predicted molar refractivity (Wildman–Crippen MR) is 64.5 cm³/mol. The van der Waals surface area contributed by atoms with E-state index in [-0.39, 0.29) is 0 Å². The van der Waals surface area contributed by atoms with Crippen LogP contribution in [-0.2, 0) is 13.6 Å². The summed E-state index contributed by atoms with van der Waals surface area (Å²) in [5, 5.41) is 16.3. The molecule has 2 aromatic rings. The Morgan fingerprint density at radius 1 is 1.50 bits per heavy atom. The van der Waals surface area contributed by atoms with Crippen LogP contribution < -0.4 is 5.32 Å². The Labute approximate surface area is 98.5 Å². The van der Waals surface area contributed by atoms with Gasteiger partial charge in [0.25, 0.3) is 0 Å². The highest BCUT2D eigenvalue weighted by Crippen LogP contribution is 2.18. The molecule has 0 aliphatic rings. The number of anilines is 1. The maximum atomic E-state index is 4.45. The summed E-state index contributed by atoms with van der Waals surface area (Å²) in [6.45, 7) is 5.05. The Kier molecular flexibility index (Phi) is 3.19. The minimum Gasteiger partial charge on any atom is -0.356 e. The maximum Gasteiger partial charge on any atom is 0.205 e. The van der Waals surface area contributed by atoms with Gasteiger partial charge in [-0.15, -0.1) is 10.2 Å². The lowest BCUT2D eigenvalue weighted by Crippen LogP contribution is -2.02. The first-order chi connectivity index (χ1) is 7.66. The second-order valence-electron chi connectivity index (χ2n) is 3.97. The van der Waals surface area contributed by atoms with E-state index in [0.29, 0.717) is 5.92 Å². The van der Waals surface area contributed by atoms with Crippen molar-refractivity contribution in [3.05, 3.63) is 23.0 Å². The van der Waals surface area contributed by atoms with Crippen molar-refractivity contribution < 1.29 is 0 Å². The summed E-state index contributed by atoms with van der Waals surface area (Å²) in [6, 6.07) is 0. The summed E-state index contributed by atoms with van der Waals surface area (Å²) >= 11 is 1.50. The van der Waals surface area contributed by atoms with Gasteiger partial charge in [0.2, 0.25) is 5.13 Å². The number of hydrogen-bond acceptors (Lipinski definition) is 5. The fourth-order valence-corrected chi connectivity index (χ4v) is 2.04. The van der Waals surface area contributed by atoms with Crippen LogP contribution in [0.1, 0.15) is 31.0 Å². The molecule has 0 amide bonds. The van der Waals surface area contributed by atoms with Gasteiger partial charge < -0.3 is 5.32 Å². The molecule has 0 atom stereocenters. The minimum absolute atomic E-state index is 0.437. The summed E-state index contributed by atoms with van der Waals surface area (Å²) in [4.78, 5) is 0. The van der Waals surface area contributed by atoms with Gasteiger partial charge >= 0.3 is 0 Å². The van der Waals surface area contributed by atoms with Crippen LogP contribution >= 0.6 is 11.3 Å². The molecular weight excluding hydrogens is 222 g/mol. The Morgan fingerprint density at radius 2 is 2.31 bits per heavy atom. The van der Waals surface area contributed by atoms with Crippen molar-refractivity contribution in [1.29, 1.82) is 0 Å². The van der Waals surface area contributed by atoms with Gasteiger partial charge in [0.15, 0.2) is 0 Å². The normalized spacial score (nSPS) is 11.0. The van der Waals surface area contributed by atoms with Crippen molar-refractivity contribution >= 4 is 16.5 Å². The Balaban J connectivity index is 2.09.